The molecule has 0 atom stereocenters. The largest absolute Gasteiger partial charge is 0.326 e. The van der Waals surface area contributed by atoms with Crippen LogP contribution in [-0.4, -0.2) is 15.0 Å². The van der Waals surface area contributed by atoms with E-state index in [0.29, 0.717) is 17.4 Å². The minimum atomic E-state index is -3.46. The summed E-state index contributed by atoms with van der Waals surface area (Å²) >= 11 is 1.46. The lowest BCUT2D eigenvalue weighted by Gasteiger charge is -2.07. The topological polar surface area (TPSA) is 72.2 Å². The fraction of sp³-hybridized carbons (Fsp3) is 0.385. The van der Waals surface area contributed by atoms with E-state index in [1.54, 1.807) is 0 Å². The van der Waals surface area contributed by atoms with Gasteiger partial charge in [-0.2, -0.15) is 0 Å². The summed E-state index contributed by atoms with van der Waals surface area (Å²) in [6.45, 7) is 0.787. The molecule has 1 aliphatic rings. The monoisotopic (exact) mass is 296 g/mol. The van der Waals surface area contributed by atoms with Gasteiger partial charge < -0.3 is 5.73 Å². The van der Waals surface area contributed by atoms with Crippen molar-refractivity contribution in [2.45, 2.75) is 24.3 Å². The van der Waals surface area contributed by atoms with Crippen molar-refractivity contribution in [2.75, 3.05) is 6.54 Å². The van der Waals surface area contributed by atoms with Crippen LogP contribution in [0.25, 0.3) is 10.1 Å². The van der Waals surface area contributed by atoms with Crippen LogP contribution in [0.2, 0.25) is 0 Å². The van der Waals surface area contributed by atoms with Crippen LogP contribution in [0.5, 0.6) is 0 Å². The van der Waals surface area contributed by atoms with E-state index < -0.39 is 10.0 Å². The molecule has 4 nitrogen and oxygen atoms in total. The molecule has 0 spiro atoms. The van der Waals surface area contributed by atoms with Gasteiger partial charge in [-0.25, -0.2) is 13.1 Å². The van der Waals surface area contributed by atoms with E-state index in [1.807, 2.05) is 24.3 Å². The van der Waals surface area contributed by atoms with Crippen LogP contribution >= 0.6 is 11.3 Å². The smallest absolute Gasteiger partial charge is 0.242 e. The third-order valence-electron chi connectivity index (χ3n) is 3.33. The van der Waals surface area contributed by atoms with Gasteiger partial charge in [-0.15, -0.1) is 11.3 Å². The number of nitrogens with two attached hydrogens (primary N) is 1. The van der Waals surface area contributed by atoms with Gasteiger partial charge in [-0.1, -0.05) is 18.2 Å². The molecule has 0 unspecified atom stereocenters. The third kappa shape index (κ3) is 2.53. The zero-order valence-electron chi connectivity index (χ0n) is 10.4. The molecule has 1 fully saturated rings. The first-order valence-electron chi connectivity index (χ1n) is 6.32. The Morgan fingerprint density at radius 3 is 2.74 bits per heavy atom. The zero-order chi connectivity index (χ0) is 13.5. The summed E-state index contributed by atoms with van der Waals surface area (Å²) in [5, 5.41) is 0.774. The summed E-state index contributed by atoms with van der Waals surface area (Å²) in [5.74, 6) is 0.515. The van der Waals surface area contributed by atoms with E-state index in [1.165, 1.54) is 11.3 Å². The molecule has 0 aliphatic heterocycles. The van der Waals surface area contributed by atoms with Crippen molar-refractivity contribution in [1.29, 1.82) is 0 Å². The molecule has 0 radical (unpaired) electrons. The number of nitrogens with one attached hydrogen (secondary N) is 1. The molecule has 3 N–H and O–H groups in total. The number of hydrogen-bond acceptors (Lipinski definition) is 4. The minimum absolute atomic E-state index is 0.249. The molecule has 6 heteroatoms. The molecule has 0 amide bonds. The SMILES string of the molecule is NCc1sc2ccccc2c1S(=O)(=O)NCC1CC1. The summed E-state index contributed by atoms with van der Waals surface area (Å²) in [4.78, 5) is 1.10. The summed E-state index contributed by atoms with van der Waals surface area (Å²) in [6.07, 6.45) is 2.24. The van der Waals surface area contributed by atoms with Gasteiger partial charge in [0.05, 0.1) is 0 Å². The van der Waals surface area contributed by atoms with Gasteiger partial charge in [-0.3, -0.25) is 0 Å². The summed E-state index contributed by atoms with van der Waals surface area (Å²) in [5.41, 5.74) is 5.70. The number of hydrogen-bond donors (Lipinski definition) is 2. The van der Waals surface area contributed by atoms with E-state index in [2.05, 4.69) is 4.72 Å². The molecule has 2 aromatic rings. The van der Waals surface area contributed by atoms with Gasteiger partial charge >= 0.3 is 0 Å². The Bertz CT molecular complexity index is 703. The third-order valence-corrected chi connectivity index (χ3v) is 6.20. The van der Waals surface area contributed by atoms with Crippen molar-refractivity contribution in [3.05, 3.63) is 29.1 Å². The van der Waals surface area contributed by atoms with E-state index in [0.717, 1.165) is 27.8 Å². The van der Waals surface area contributed by atoms with Gasteiger partial charge in [0.15, 0.2) is 0 Å². The predicted octanol–water partition coefficient (Wildman–Crippen LogP) is 2.05. The summed E-state index contributed by atoms with van der Waals surface area (Å²) < 4.78 is 28.6. The Kier molecular flexibility index (Phi) is 3.34. The van der Waals surface area contributed by atoms with E-state index >= 15 is 0 Å². The Hall–Kier alpha value is -0.950. The van der Waals surface area contributed by atoms with Crippen molar-refractivity contribution >= 4 is 31.4 Å². The molecular formula is C13H16N2O2S2. The Morgan fingerprint density at radius 2 is 2.05 bits per heavy atom. The second kappa shape index (κ2) is 4.86. The average molecular weight is 296 g/mol. The van der Waals surface area contributed by atoms with Crippen LogP contribution in [0, 0.1) is 5.92 Å². The van der Waals surface area contributed by atoms with Crippen molar-refractivity contribution in [3.8, 4) is 0 Å². The average Bonchev–Trinajstić information content (AvgIpc) is 3.14. The molecular weight excluding hydrogens is 280 g/mol. The standard InChI is InChI=1S/C13H16N2O2S2/c14-7-12-13(10-3-1-2-4-11(10)18-12)19(16,17)15-8-9-5-6-9/h1-4,9,15H,5-8,14H2. The highest BCUT2D eigenvalue weighted by Crippen LogP contribution is 2.35. The highest BCUT2D eigenvalue weighted by atomic mass is 32.2. The lowest BCUT2D eigenvalue weighted by Crippen LogP contribution is -2.26. The Morgan fingerprint density at radius 1 is 1.32 bits per heavy atom. The van der Waals surface area contributed by atoms with Gasteiger partial charge in [0, 0.05) is 28.1 Å². The van der Waals surface area contributed by atoms with Crippen LogP contribution in [0.3, 0.4) is 0 Å². The van der Waals surface area contributed by atoms with Crippen LogP contribution < -0.4 is 10.5 Å². The van der Waals surface area contributed by atoms with Crippen molar-refractivity contribution in [2.24, 2.45) is 11.7 Å². The summed E-state index contributed by atoms with van der Waals surface area (Å²) in [7, 11) is -3.46. The summed E-state index contributed by atoms with van der Waals surface area (Å²) in [6, 6.07) is 7.54. The quantitative estimate of drug-likeness (QED) is 0.887. The van der Waals surface area contributed by atoms with Crippen LogP contribution in [0.15, 0.2) is 29.2 Å². The predicted molar refractivity (Wildman–Crippen MR) is 77.6 cm³/mol. The maximum absolute atomic E-state index is 12.5. The number of benzene rings is 1. The van der Waals surface area contributed by atoms with Crippen molar-refractivity contribution in [3.63, 3.8) is 0 Å². The highest BCUT2D eigenvalue weighted by molar-refractivity contribution is 7.90. The molecule has 3 rings (SSSR count). The van der Waals surface area contributed by atoms with E-state index in [4.69, 9.17) is 5.73 Å². The second-order valence-corrected chi connectivity index (χ2v) is 7.69. The number of sulfonamides is 1. The fourth-order valence-electron chi connectivity index (χ4n) is 2.12. The molecule has 1 aromatic heterocycles. The normalized spacial score (nSPS) is 16.1. The lowest BCUT2D eigenvalue weighted by molar-refractivity contribution is 0.578. The molecule has 0 saturated heterocycles. The van der Waals surface area contributed by atoms with Crippen LogP contribution in [-0.2, 0) is 16.6 Å². The Labute approximate surface area is 116 Å². The minimum Gasteiger partial charge on any atom is -0.326 e. The maximum atomic E-state index is 12.5. The van der Waals surface area contributed by atoms with Gasteiger partial charge in [0.2, 0.25) is 10.0 Å². The van der Waals surface area contributed by atoms with E-state index in [9.17, 15) is 8.42 Å². The molecule has 1 heterocycles. The molecule has 19 heavy (non-hydrogen) atoms. The molecule has 1 aliphatic carbocycles. The van der Waals surface area contributed by atoms with Crippen molar-refractivity contribution in [1.82, 2.24) is 4.72 Å². The van der Waals surface area contributed by atoms with Crippen LogP contribution in [0.1, 0.15) is 17.7 Å². The first-order valence-corrected chi connectivity index (χ1v) is 8.62. The first kappa shape index (κ1) is 13.1. The second-order valence-electron chi connectivity index (χ2n) is 4.85. The fourth-order valence-corrected chi connectivity index (χ4v) is 5.07. The molecule has 0 bridgehead atoms. The number of thiophene rings is 1. The lowest BCUT2D eigenvalue weighted by atomic mass is 10.2. The number of fused-ring (bicyclic) bond motifs is 1. The first-order chi connectivity index (χ1) is 9.12. The van der Waals surface area contributed by atoms with Gasteiger partial charge in [0.25, 0.3) is 0 Å². The van der Waals surface area contributed by atoms with Gasteiger partial charge in [0.1, 0.15) is 4.90 Å². The highest BCUT2D eigenvalue weighted by Gasteiger charge is 2.27. The maximum Gasteiger partial charge on any atom is 0.242 e. The number of rotatable bonds is 5. The molecule has 102 valence electrons. The van der Waals surface area contributed by atoms with Crippen molar-refractivity contribution < 1.29 is 8.42 Å². The molecule has 1 saturated carbocycles. The van der Waals surface area contributed by atoms with Gasteiger partial charge in [-0.05, 0) is 24.8 Å². The zero-order valence-corrected chi connectivity index (χ0v) is 12.1. The van der Waals surface area contributed by atoms with Crippen LogP contribution in [0.4, 0.5) is 0 Å². The Balaban J connectivity index is 2.06. The van der Waals surface area contributed by atoms with E-state index in [-0.39, 0.29) is 6.54 Å². The molecule has 1 aromatic carbocycles.